The summed E-state index contributed by atoms with van der Waals surface area (Å²) in [5.74, 6) is 1.27. The van der Waals surface area contributed by atoms with Crippen LogP contribution < -0.4 is 5.73 Å². The molecule has 0 saturated heterocycles. The smallest absolute Gasteiger partial charge is 0.293 e. The van der Waals surface area contributed by atoms with Gasteiger partial charge < -0.3 is 19.4 Å². The third-order valence-electron chi connectivity index (χ3n) is 2.11. The molecular formula is C11H15N3O3. The van der Waals surface area contributed by atoms with Gasteiger partial charge in [0.15, 0.2) is 11.6 Å². The molecule has 0 bridgehead atoms. The molecule has 1 unspecified atom stereocenters. The average Bonchev–Trinajstić information content (AvgIpc) is 2.94. The summed E-state index contributed by atoms with van der Waals surface area (Å²) in [5.41, 5.74) is 5.87. The van der Waals surface area contributed by atoms with Gasteiger partial charge in [-0.05, 0) is 26.0 Å². The maximum Gasteiger partial charge on any atom is 0.293 e. The fourth-order valence-corrected chi connectivity index (χ4v) is 1.26. The first kappa shape index (κ1) is 11.8. The van der Waals surface area contributed by atoms with E-state index in [1.165, 1.54) is 0 Å². The quantitative estimate of drug-likeness (QED) is 0.852. The number of aromatic nitrogens is 2. The van der Waals surface area contributed by atoms with Crippen molar-refractivity contribution < 1.29 is 13.7 Å². The summed E-state index contributed by atoms with van der Waals surface area (Å²) < 4.78 is 15.6. The Morgan fingerprint density at radius 3 is 2.94 bits per heavy atom. The molecule has 1 atom stereocenters. The molecule has 6 nitrogen and oxygen atoms in total. The van der Waals surface area contributed by atoms with Crippen molar-refractivity contribution in [2.45, 2.75) is 26.0 Å². The highest BCUT2D eigenvalue weighted by Gasteiger charge is 2.17. The summed E-state index contributed by atoms with van der Waals surface area (Å²) >= 11 is 0. The summed E-state index contributed by atoms with van der Waals surface area (Å²) in [7, 11) is 0. The predicted molar refractivity (Wildman–Crippen MR) is 60.0 cm³/mol. The van der Waals surface area contributed by atoms with E-state index in [4.69, 9.17) is 19.4 Å². The van der Waals surface area contributed by atoms with Crippen LogP contribution in [-0.2, 0) is 4.74 Å². The molecular weight excluding hydrogens is 222 g/mol. The molecule has 0 fully saturated rings. The maximum absolute atomic E-state index is 5.87. The van der Waals surface area contributed by atoms with Crippen molar-refractivity contribution in [1.29, 1.82) is 0 Å². The van der Waals surface area contributed by atoms with Crippen LogP contribution in [0.4, 0.5) is 0 Å². The zero-order valence-corrected chi connectivity index (χ0v) is 9.79. The third kappa shape index (κ3) is 2.92. The molecule has 92 valence electrons. The molecule has 0 saturated carbocycles. The van der Waals surface area contributed by atoms with E-state index < -0.39 is 6.04 Å². The van der Waals surface area contributed by atoms with Gasteiger partial charge in [-0.1, -0.05) is 5.16 Å². The summed E-state index contributed by atoms with van der Waals surface area (Å²) in [4.78, 5) is 4.15. The second-order valence-electron chi connectivity index (χ2n) is 3.92. The van der Waals surface area contributed by atoms with Crippen LogP contribution >= 0.6 is 0 Å². The Morgan fingerprint density at radius 1 is 1.47 bits per heavy atom. The van der Waals surface area contributed by atoms with Crippen LogP contribution in [0.5, 0.6) is 0 Å². The van der Waals surface area contributed by atoms with Crippen molar-refractivity contribution in [3.63, 3.8) is 0 Å². The van der Waals surface area contributed by atoms with Crippen LogP contribution in [-0.4, -0.2) is 22.9 Å². The summed E-state index contributed by atoms with van der Waals surface area (Å²) in [6, 6.07) is 3.10. The van der Waals surface area contributed by atoms with Gasteiger partial charge in [0.1, 0.15) is 0 Å². The van der Waals surface area contributed by atoms with Gasteiger partial charge in [-0.3, -0.25) is 0 Å². The van der Waals surface area contributed by atoms with E-state index in [2.05, 4.69) is 10.1 Å². The molecule has 0 aromatic carbocycles. The van der Waals surface area contributed by atoms with Crippen molar-refractivity contribution >= 4 is 0 Å². The summed E-state index contributed by atoms with van der Waals surface area (Å²) in [5, 5.41) is 3.80. The zero-order chi connectivity index (χ0) is 12.3. The first-order valence-corrected chi connectivity index (χ1v) is 5.41. The van der Waals surface area contributed by atoms with Crippen LogP contribution in [0.2, 0.25) is 0 Å². The van der Waals surface area contributed by atoms with Gasteiger partial charge >= 0.3 is 0 Å². The maximum atomic E-state index is 5.87. The molecule has 6 heteroatoms. The van der Waals surface area contributed by atoms with E-state index in [0.717, 1.165) is 0 Å². The van der Waals surface area contributed by atoms with E-state index in [0.29, 0.717) is 24.1 Å². The van der Waals surface area contributed by atoms with Gasteiger partial charge in [-0.15, -0.1) is 0 Å². The van der Waals surface area contributed by atoms with Crippen LogP contribution in [0.25, 0.3) is 11.7 Å². The van der Waals surface area contributed by atoms with Gasteiger partial charge in [0, 0.05) is 0 Å². The highest BCUT2D eigenvalue weighted by atomic mass is 16.5. The number of nitrogens with zero attached hydrogens (tertiary/aromatic N) is 2. The van der Waals surface area contributed by atoms with Gasteiger partial charge in [0.05, 0.1) is 25.0 Å². The Kier molecular flexibility index (Phi) is 3.55. The predicted octanol–water partition coefficient (Wildman–Crippen LogP) is 1.75. The Morgan fingerprint density at radius 2 is 2.29 bits per heavy atom. The standard InChI is InChI=1S/C11H15N3O3/c1-7(2)16-6-8(12)10-13-11(17-14-10)9-4-3-5-15-9/h3-5,7-8H,6,12H2,1-2H3. The molecule has 17 heavy (non-hydrogen) atoms. The second kappa shape index (κ2) is 5.11. The second-order valence-corrected chi connectivity index (χ2v) is 3.92. The molecule has 0 aliphatic heterocycles. The Bertz CT molecular complexity index is 450. The average molecular weight is 237 g/mol. The minimum Gasteiger partial charge on any atom is -0.459 e. The van der Waals surface area contributed by atoms with Crippen molar-refractivity contribution in [1.82, 2.24) is 10.1 Å². The van der Waals surface area contributed by atoms with E-state index in [1.807, 2.05) is 13.8 Å². The topological polar surface area (TPSA) is 87.3 Å². The van der Waals surface area contributed by atoms with E-state index >= 15 is 0 Å². The lowest BCUT2D eigenvalue weighted by Gasteiger charge is -2.10. The van der Waals surface area contributed by atoms with E-state index in [-0.39, 0.29) is 6.10 Å². The Labute approximate surface area is 98.7 Å². The summed E-state index contributed by atoms with van der Waals surface area (Å²) in [6.07, 6.45) is 1.67. The molecule has 0 spiro atoms. The van der Waals surface area contributed by atoms with E-state index in [9.17, 15) is 0 Å². The van der Waals surface area contributed by atoms with E-state index in [1.54, 1.807) is 18.4 Å². The molecule has 2 rings (SSSR count). The Balaban J connectivity index is 2.03. The van der Waals surface area contributed by atoms with Crippen molar-refractivity contribution in [3.05, 3.63) is 24.2 Å². The SMILES string of the molecule is CC(C)OCC(N)c1noc(-c2ccco2)n1. The lowest BCUT2D eigenvalue weighted by molar-refractivity contribution is 0.0665. The Hall–Kier alpha value is -1.66. The lowest BCUT2D eigenvalue weighted by Crippen LogP contribution is -2.20. The van der Waals surface area contributed by atoms with Gasteiger partial charge in [-0.25, -0.2) is 0 Å². The zero-order valence-electron chi connectivity index (χ0n) is 9.79. The molecule has 2 N–H and O–H groups in total. The number of furan rings is 1. The molecule has 0 radical (unpaired) electrons. The number of hydrogen-bond acceptors (Lipinski definition) is 6. The van der Waals surface area contributed by atoms with Crippen molar-refractivity contribution in [3.8, 4) is 11.7 Å². The number of ether oxygens (including phenoxy) is 1. The first-order chi connectivity index (χ1) is 8.16. The molecule has 0 amide bonds. The molecule has 0 aliphatic rings. The van der Waals surface area contributed by atoms with Crippen LogP contribution in [0.15, 0.2) is 27.3 Å². The first-order valence-electron chi connectivity index (χ1n) is 5.41. The van der Waals surface area contributed by atoms with Crippen molar-refractivity contribution in [2.75, 3.05) is 6.61 Å². The highest BCUT2D eigenvalue weighted by molar-refractivity contribution is 5.42. The minimum atomic E-state index is -0.398. The number of nitrogens with two attached hydrogens (primary N) is 1. The van der Waals surface area contributed by atoms with Gasteiger partial charge in [-0.2, -0.15) is 4.98 Å². The van der Waals surface area contributed by atoms with Crippen LogP contribution in [0.3, 0.4) is 0 Å². The summed E-state index contributed by atoms with van der Waals surface area (Å²) in [6.45, 7) is 4.24. The third-order valence-corrected chi connectivity index (χ3v) is 2.11. The minimum absolute atomic E-state index is 0.123. The number of rotatable bonds is 5. The largest absolute Gasteiger partial charge is 0.459 e. The molecule has 2 aromatic heterocycles. The monoisotopic (exact) mass is 237 g/mol. The molecule has 2 heterocycles. The van der Waals surface area contributed by atoms with Crippen LogP contribution in [0.1, 0.15) is 25.7 Å². The normalized spacial score (nSPS) is 13.2. The van der Waals surface area contributed by atoms with Crippen LogP contribution in [0, 0.1) is 0 Å². The molecule has 2 aromatic rings. The molecule has 0 aliphatic carbocycles. The van der Waals surface area contributed by atoms with Crippen molar-refractivity contribution in [2.24, 2.45) is 5.73 Å². The lowest BCUT2D eigenvalue weighted by atomic mass is 10.3. The fourth-order valence-electron chi connectivity index (χ4n) is 1.26. The highest BCUT2D eigenvalue weighted by Crippen LogP contribution is 2.19. The van der Waals surface area contributed by atoms with Gasteiger partial charge in [0.2, 0.25) is 0 Å². The number of hydrogen-bond donors (Lipinski definition) is 1. The van der Waals surface area contributed by atoms with Gasteiger partial charge in [0.25, 0.3) is 5.89 Å². The fraction of sp³-hybridized carbons (Fsp3) is 0.455.